The van der Waals surface area contributed by atoms with Crippen LogP contribution in [0.1, 0.15) is 58.7 Å². The van der Waals surface area contributed by atoms with Gasteiger partial charge in [-0.1, -0.05) is 91.2 Å². The molecular weight excluding hydrogens is 729 g/mol. The summed E-state index contributed by atoms with van der Waals surface area (Å²) in [6.07, 6.45) is 9.50. The number of pyridine rings is 1. The molecule has 9 heteroatoms. The first-order valence-electron chi connectivity index (χ1n) is 18.9. The molecule has 0 unspecified atom stereocenters. The van der Waals surface area contributed by atoms with Gasteiger partial charge in [0.05, 0.1) is 17.8 Å². The second-order valence-corrected chi connectivity index (χ2v) is 14.4. The van der Waals surface area contributed by atoms with Crippen molar-refractivity contribution in [2.24, 2.45) is 0 Å². The van der Waals surface area contributed by atoms with E-state index < -0.39 is 0 Å². The van der Waals surface area contributed by atoms with Gasteiger partial charge in [0.15, 0.2) is 5.75 Å². The second kappa shape index (κ2) is 20.7. The summed E-state index contributed by atoms with van der Waals surface area (Å²) in [7, 11) is 0. The number of benzene rings is 4. The first-order valence-corrected chi connectivity index (χ1v) is 19.3. The second-order valence-electron chi connectivity index (χ2n) is 14.0. The van der Waals surface area contributed by atoms with Gasteiger partial charge in [-0.15, -0.1) is 12.4 Å². The highest BCUT2D eigenvalue weighted by Crippen LogP contribution is 2.34. The van der Waals surface area contributed by atoms with Crippen LogP contribution in [0.5, 0.6) is 23.1 Å². The number of hydrogen-bond donors (Lipinski definition) is 0. The van der Waals surface area contributed by atoms with Crippen LogP contribution in [0, 0.1) is 13.8 Å². The lowest BCUT2D eigenvalue weighted by Gasteiger charge is -2.34. The number of unbranched alkanes of at least 4 members (excludes halogenated alkanes) is 1. The molecule has 1 fully saturated rings. The van der Waals surface area contributed by atoms with Crippen LogP contribution in [-0.2, 0) is 30.8 Å². The molecule has 0 atom stereocenters. The maximum Gasteiger partial charge on any atom is 0.246 e. The number of ether oxygens (including phenoxy) is 3. The zero-order valence-electron chi connectivity index (χ0n) is 32.0. The normalized spacial score (nSPS) is 13.1. The van der Waals surface area contributed by atoms with Gasteiger partial charge >= 0.3 is 0 Å². The van der Waals surface area contributed by atoms with Crippen LogP contribution < -0.4 is 14.2 Å². The molecule has 7 nitrogen and oxygen atoms in total. The average molecular weight is 781 g/mol. The third-order valence-corrected chi connectivity index (χ3v) is 9.91. The number of carbonyl (C=O) groups excluding carboxylic acids is 1. The number of amides is 1. The summed E-state index contributed by atoms with van der Waals surface area (Å²) in [6.45, 7) is 11.2. The molecule has 1 amide bonds. The van der Waals surface area contributed by atoms with Gasteiger partial charge in [0.25, 0.3) is 0 Å². The van der Waals surface area contributed by atoms with Gasteiger partial charge in [0.2, 0.25) is 11.8 Å². The molecule has 5 aromatic rings. The van der Waals surface area contributed by atoms with Crippen LogP contribution in [0.4, 0.5) is 0 Å². The Morgan fingerprint density at radius 3 is 2.11 bits per heavy atom. The molecule has 6 rings (SSSR count). The lowest BCUT2D eigenvalue weighted by atomic mass is 10.1. The lowest BCUT2D eigenvalue weighted by Crippen LogP contribution is -2.47. The molecule has 1 saturated heterocycles. The summed E-state index contributed by atoms with van der Waals surface area (Å²) < 4.78 is 17.9. The highest BCUT2D eigenvalue weighted by Gasteiger charge is 2.20. The van der Waals surface area contributed by atoms with Gasteiger partial charge in [-0.05, 0) is 96.5 Å². The molecule has 0 spiro atoms. The summed E-state index contributed by atoms with van der Waals surface area (Å²) in [5, 5.41) is 0.446. The molecular formula is C46H51Cl2N3O4. The summed E-state index contributed by atoms with van der Waals surface area (Å²) >= 11 is 6.64. The lowest BCUT2D eigenvalue weighted by molar-refractivity contribution is -0.127. The molecule has 2 heterocycles. The van der Waals surface area contributed by atoms with Gasteiger partial charge < -0.3 is 19.1 Å². The molecule has 1 aliphatic rings. The molecule has 288 valence electrons. The van der Waals surface area contributed by atoms with Gasteiger partial charge in [-0.25, -0.2) is 4.98 Å². The molecule has 4 aromatic carbocycles. The standard InChI is InChI=1S/C46H50ClN3O4.ClH/c1-4-5-6-36-15-18-41(19-16-36)52-28-23-37-11-13-38(14-12-37)32-49-24-26-50(27-25-49)45(51)22-17-40-29-35(3)46(43(47)30-40)54-44-21-20-42(31-48-44)53-33-39-9-7-34(2)8-10-39;/h7-22,29-31H,4-6,23-28,32-33H2,1-3H3;1H/b22-17+;. The summed E-state index contributed by atoms with van der Waals surface area (Å²) in [4.78, 5) is 21.8. The van der Waals surface area contributed by atoms with E-state index in [0.29, 0.717) is 48.7 Å². The molecule has 0 radical (unpaired) electrons. The average Bonchev–Trinajstić information content (AvgIpc) is 3.19. The van der Waals surface area contributed by atoms with Gasteiger partial charge in [0.1, 0.15) is 18.1 Å². The minimum atomic E-state index is -0.00310. The fraction of sp³-hybridized carbons (Fsp3) is 0.304. The Kier molecular flexibility index (Phi) is 15.6. The fourth-order valence-corrected chi connectivity index (χ4v) is 6.65. The van der Waals surface area contributed by atoms with Crippen molar-refractivity contribution < 1.29 is 19.0 Å². The van der Waals surface area contributed by atoms with Crippen molar-refractivity contribution in [1.82, 2.24) is 14.8 Å². The topological polar surface area (TPSA) is 64.1 Å². The largest absolute Gasteiger partial charge is 0.493 e. The third-order valence-electron chi connectivity index (χ3n) is 9.63. The SMILES string of the molecule is CCCCc1ccc(OCCc2ccc(CN3CCN(C(=O)/C=C/c4cc(C)c(Oc5ccc(OCc6ccc(C)cc6)cn5)c(Cl)c4)CC3)cc2)cc1.Cl. The summed E-state index contributed by atoms with van der Waals surface area (Å²) in [6, 6.07) is 32.9. The maximum atomic E-state index is 13.1. The van der Waals surface area contributed by atoms with Gasteiger partial charge in [0, 0.05) is 51.3 Å². The van der Waals surface area contributed by atoms with Crippen molar-refractivity contribution in [3.05, 3.63) is 153 Å². The Labute approximate surface area is 337 Å². The van der Waals surface area contributed by atoms with Crippen LogP contribution in [0.3, 0.4) is 0 Å². The number of nitrogens with zero attached hydrogens (tertiary/aromatic N) is 3. The van der Waals surface area contributed by atoms with Crippen molar-refractivity contribution in [2.75, 3.05) is 32.8 Å². The quantitative estimate of drug-likeness (QED) is 0.0930. The number of halogens is 2. The van der Waals surface area contributed by atoms with E-state index in [9.17, 15) is 4.79 Å². The molecule has 1 aromatic heterocycles. The van der Waals surface area contributed by atoms with Crippen molar-refractivity contribution in [3.63, 3.8) is 0 Å². The molecule has 0 bridgehead atoms. The first-order chi connectivity index (χ1) is 26.3. The Bertz CT molecular complexity index is 1950. The van der Waals surface area contributed by atoms with Crippen LogP contribution >= 0.6 is 24.0 Å². The van der Waals surface area contributed by atoms with E-state index in [4.69, 9.17) is 25.8 Å². The van der Waals surface area contributed by atoms with E-state index in [0.717, 1.165) is 54.9 Å². The zero-order chi connectivity index (χ0) is 37.7. The van der Waals surface area contributed by atoms with Crippen LogP contribution in [0.25, 0.3) is 6.08 Å². The van der Waals surface area contributed by atoms with Crippen LogP contribution in [0.2, 0.25) is 5.02 Å². The van der Waals surface area contributed by atoms with E-state index in [1.807, 2.05) is 30.0 Å². The molecule has 1 aliphatic heterocycles. The number of carbonyl (C=O) groups is 1. The number of piperazine rings is 1. The van der Waals surface area contributed by atoms with Crippen molar-refractivity contribution in [2.45, 2.75) is 59.6 Å². The van der Waals surface area contributed by atoms with E-state index >= 15 is 0 Å². The number of aryl methyl sites for hydroxylation is 3. The Balaban J connectivity index is 0.00000580. The third kappa shape index (κ3) is 12.6. The van der Waals surface area contributed by atoms with Gasteiger partial charge in [-0.2, -0.15) is 0 Å². The molecule has 0 aliphatic carbocycles. The smallest absolute Gasteiger partial charge is 0.246 e. The molecule has 55 heavy (non-hydrogen) atoms. The summed E-state index contributed by atoms with van der Waals surface area (Å²) in [5.74, 6) is 2.52. The van der Waals surface area contributed by atoms with Crippen molar-refractivity contribution in [1.29, 1.82) is 0 Å². The Morgan fingerprint density at radius 2 is 1.44 bits per heavy atom. The van der Waals surface area contributed by atoms with Gasteiger partial charge in [-0.3, -0.25) is 9.69 Å². The minimum absolute atomic E-state index is 0. The number of rotatable bonds is 16. The van der Waals surface area contributed by atoms with E-state index in [2.05, 4.69) is 96.5 Å². The van der Waals surface area contributed by atoms with Crippen LogP contribution in [-0.4, -0.2) is 53.5 Å². The molecule has 0 N–H and O–H groups in total. The summed E-state index contributed by atoms with van der Waals surface area (Å²) in [5.41, 5.74) is 7.88. The number of hydrogen-bond acceptors (Lipinski definition) is 6. The van der Waals surface area contributed by atoms with E-state index in [1.165, 1.54) is 35.1 Å². The predicted molar refractivity (Wildman–Crippen MR) is 225 cm³/mol. The monoisotopic (exact) mass is 779 g/mol. The zero-order valence-corrected chi connectivity index (χ0v) is 33.6. The molecule has 0 saturated carbocycles. The van der Waals surface area contributed by atoms with E-state index in [-0.39, 0.29) is 18.3 Å². The van der Waals surface area contributed by atoms with E-state index in [1.54, 1.807) is 24.4 Å². The number of aromatic nitrogens is 1. The first kappa shape index (κ1) is 41.3. The Morgan fingerprint density at radius 1 is 0.782 bits per heavy atom. The van der Waals surface area contributed by atoms with Crippen molar-refractivity contribution in [3.8, 4) is 23.1 Å². The van der Waals surface area contributed by atoms with Crippen LogP contribution in [0.15, 0.2) is 109 Å². The fourth-order valence-electron chi connectivity index (χ4n) is 6.34. The van der Waals surface area contributed by atoms with Crippen molar-refractivity contribution >= 4 is 36.0 Å². The maximum absolute atomic E-state index is 13.1. The predicted octanol–water partition coefficient (Wildman–Crippen LogP) is 10.5. The highest BCUT2D eigenvalue weighted by molar-refractivity contribution is 6.32. The Hall–Kier alpha value is -4.82. The highest BCUT2D eigenvalue weighted by atomic mass is 35.5. The minimum Gasteiger partial charge on any atom is -0.493 e.